The van der Waals surface area contributed by atoms with E-state index in [1.807, 2.05) is 24.3 Å². The molecule has 5 nitrogen and oxygen atoms in total. The van der Waals surface area contributed by atoms with Crippen LogP contribution in [-0.2, 0) is 5.60 Å². The first-order valence-electron chi connectivity index (χ1n) is 8.04. The quantitative estimate of drug-likeness (QED) is 0.713. The molecule has 2 aromatic heterocycles. The third-order valence-corrected chi connectivity index (χ3v) is 4.27. The van der Waals surface area contributed by atoms with Gasteiger partial charge < -0.3 is 14.8 Å². The van der Waals surface area contributed by atoms with Crippen LogP contribution in [0, 0.1) is 13.8 Å². The van der Waals surface area contributed by atoms with E-state index in [2.05, 4.69) is 15.5 Å². The second kappa shape index (κ2) is 6.60. The topological polar surface area (TPSA) is 71.2 Å². The number of anilines is 1. The minimum absolute atomic E-state index is 0.169. The van der Waals surface area contributed by atoms with Crippen LogP contribution in [0.3, 0.4) is 0 Å². The molecule has 2 N–H and O–H groups in total. The minimum Gasteiger partial charge on any atom is -0.463 e. The average molecular weight is 365 g/mol. The fourth-order valence-electron chi connectivity index (χ4n) is 2.79. The van der Waals surface area contributed by atoms with Crippen LogP contribution >= 0.6 is 0 Å². The van der Waals surface area contributed by atoms with Crippen LogP contribution < -0.4 is 5.32 Å². The fourth-order valence-corrected chi connectivity index (χ4v) is 2.79. The Hall–Kier alpha value is -2.61. The van der Waals surface area contributed by atoms with Crippen LogP contribution in [0.25, 0.3) is 10.8 Å². The number of aliphatic hydroxyl groups is 1. The molecule has 1 aromatic carbocycles. The Morgan fingerprint density at radius 2 is 1.73 bits per heavy atom. The van der Waals surface area contributed by atoms with Gasteiger partial charge in [0, 0.05) is 23.7 Å². The van der Waals surface area contributed by atoms with Crippen molar-refractivity contribution in [3.8, 4) is 0 Å². The van der Waals surface area contributed by atoms with Crippen molar-refractivity contribution in [1.82, 2.24) is 10.2 Å². The number of halogens is 3. The third kappa shape index (κ3) is 3.24. The van der Waals surface area contributed by atoms with Crippen molar-refractivity contribution >= 4 is 16.6 Å². The zero-order valence-corrected chi connectivity index (χ0v) is 14.3. The van der Waals surface area contributed by atoms with Gasteiger partial charge in [-0.15, -0.1) is 5.10 Å². The summed E-state index contributed by atoms with van der Waals surface area (Å²) >= 11 is 0. The van der Waals surface area contributed by atoms with Gasteiger partial charge in [-0.1, -0.05) is 24.3 Å². The minimum atomic E-state index is -4.88. The third-order valence-electron chi connectivity index (χ3n) is 4.27. The summed E-state index contributed by atoms with van der Waals surface area (Å²) in [5, 5.41) is 22.8. The SMILES string of the molecule is Cc1ccc([C@](O)(CCNc2nnc(C)c3ccccc23)C(F)(F)F)o1. The zero-order valence-electron chi connectivity index (χ0n) is 14.3. The summed E-state index contributed by atoms with van der Waals surface area (Å²) in [5.41, 5.74) is -2.36. The Bertz CT molecular complexity index is 923. The zero-order chi connectivity index (χ0) is 18.9. The van der Waals surface area contributed by atoms with Gasteiger partial charge in [-0.05, 0) is 26.0 Å². The molecule has 138 valence electrons. The van der Waals surface area contributed by atoms with Crippen LogP contribution in [0.5, 0.6) is 0 Å². The lowest BCUT2D eigenvalue weighted by atomic mass is 9.95. The Kier molecular flexibility index (Phi) is 4.62. The molecule has 0 aliphatic heterocycles. The first-order chi connectivity index (χ1) is 12.2. The summed E-state index contributed by atoms with van der Waals surface area (Å²) in [6.07, 6.45) is -5.51. The van der Waals surface area contributed by atoms with E-state index >= 15 is 0 Å². The highest BCUT2D eigenvalue weighted by atomic mass is 19.4. The van der Waals surface area contributed by atoms with E-state index in [1.54, 1.807) is 6.92 Å². The second-order valence-electron chi connectivity index (χ2n) is 6.12. The van der Waals surface area contributed by atoms with Gasteiger partial charge >= 0.3 is 6.18 Å². The Labute approximate surface area is 147 Å². The summed E-state index contributed by atoms with van der Waals surface area (Å²) < 4.78 is 45.4. The lowest BCUT2D eigenvalue weighted by molar-refractivity contribution is -0.274. The number of aromatic nitrogens is 2. The summed E-state index contributed by atoms with van der Waals surface area (Å²) in [6.45, 7) is 3.16. The monoisotopic (exact) mass is 365 g/mol. The second-order valence-corrected chi connectivity index (χ2v) is 6.12. The molecule has 0 unspecified atom stereocenters. The largest absolute Gasteiger partial charge is 0.463 e. The van der Waals surface area contributed by atoms with Crippen LogP contribution in [0.4, 0.5) is 19.0 Å². The molecule has 3 rings (SSSR count). The van der Waals surface area contributed by atoms with E-state index in [0.717, 1.165) is 22.5 Å². The molecule has 0 aliphatic carbocycles. The maximum absolute atomic E-state index is 13.5. The Morgan fingerprint density at radius 1 is 1.04 bits per heavy atom. The molecule has 26 heavy (non-hydrogen) atoms. The number of nitrogens with zero attached hydrogens (tertiary/aromatic N) is 2. The molecule has 0 radical (unpaired) electrons. The van der Waals surface area contributed by atoms with Crippen molar-refractivity contribution in [3.05, 3.63) is 53.6 Å². The Morgan fingerprint density at radius 3 is 2.35 bits per heavy atom. The van der Waals surface area contributed by atoms with E-state index in [1.165, 1.54) is 13.0 Å². The average Bonchev–Trinajstić information content (AvgIpc) is 3.03. The number of aryl methyl sites for hydroxylation is 2. The van der Waals surface area contributed by atoms with E-state index in [4.69, 9.17) is 4.42 Å². The van der Waals surface area contributed by atoms with E-state index < -0.39 is 24.0 Å². The fraction of sp³-hybridized carbons (Fsp3) is 0.333. The van der Waals surface area contributed by atoms with Gasteiger partial charge in [0.1, 0.15) is 11.5 Å². The summed E-state index contributed by atoms with van der Waals surface area (Å²) in [6, 6.07) is 9.87. The number of benzene rings is 1. The Balaban J connectivity index is 1.82. The smallest absolute Gasteiger partial charge is 0.424 e. The number of fused-ring (bicyclic) bond motifs is 1. The molecule has 2 heterocycles. The van der Waals surface area contributed by atoms with Gasteiger partial charge in [0.25, 0.3) is 0 Å². The van der Waals surface area contributed by atoms with Crippen molar-refractivity contribution in [1.29, 1.82) is 0 Å². The van der Waals surface area contributed by atoms with Crippen LogP contribution in [-0.4, -0.2) is 28.0 Å². The highest BCUT2D eigenvalue weighted by Crippen LogP contribution is 2.42. The van der Waals surface area contributed by atoms with Crippen molar-refractivity contribution in [2.24, 2.45) is 0 Å². The number of furan rings is 1. The maximum atomic E-state index is 13.5. The van der Waals surface area contributed by atoms with Crippen LogP contribution in [0.15, 0.2) is 40.8 Å². The predicted octanol–water partition coefficient (Wildman–Crippen LogP) is 4.09. The summed E-state index contributed by atoms with van der Waals surface area (Å²) in [4.78, 5) is 0. The van der Waals surface area contributed by atoms with Crippen molar-refractivity contribution in [2.75, 3.05) is 11.9 Å². The van der Waals surface area contributed by atoms with Crippen molar-refractivity contribution in [2.45, 2.75) is 32.0 Å². The molecule has 0 spiro atoms. The lowest BCUT2D eigenvalue weighted by Crippen LogP contribution is -2.43. The van der Waals surface area contributed by atoms with Crippen molar-refractivity contribution in [3.63, 3.8) is 0 Å². The molecule has 0 amide bonds. The molecular weight excluding hydrogens is 347 g/mol. The molecular formula is C18H18F3N3O2. The highest BCUT2D eigenvalue weighted by Gasteiger charge is 2.56. The molecule has 3 aromatic rings. The number of nitrogens with one attached hydrogen (secondary N) is 1. The standard InChI is InChI=1S/C18H18F3N3O2/c1-11-7-8-15(26-11)17(25,18(19,20)21)9-10-22-16-14-6-4-3-5-13(14)12(2)23-24-16/h3-8,25H,9-10H2,1-2H3,(H,22,24)/t17-/m1/s1. The normalized spacial score (nSPS) is 14.4. The van der Waals surface area contributed by atoms with E-state index in [9.17, 15) is 18.3 Å². The lowest BCUT2D eigenvalue weighted by Gasteiger charge is -2.28. The first kappa shape index (κ1) is 18.2. The number of alkyl halides is 3. The van der Waals surface area contributed by atoms with Crippen molar-refractivity contribution < 1.29 is 22.7 Å². The molecule has 0 saturated heterocycles. The molecule has 1 atom stereocenters. The van der Waals surface area contributed by atoms with Crippen LogP contribution in [0.2, 0.25) is 0 Å². The van der Waals surface area contributed by atoms with E-state index in [-0.39, 0.29) is 6.54 Å². The predicted molar refractivity (Wildman–Crippen MR) is 90.8 cm³/mol. The van der Waals surface area contributed by atoms with Gasteiger partial charge in [-0.3, -0.25) is 0 Å². The van der Waals surface area contributed by atoms with Gasteiger partial charge in [-0.2, -0.15) is 18.3 Å². The van der Waals surface area contributed by atoms with Gasteiger partial charge in [-0.25, -0.2) is 0 Å². The van der Waals surface area contributed by atoms with Gasteiger partial charge in [0.15, 0.2) is 5.82 Å². The summed E-state index contributed by atoms with van der Waals surface area (Å²) in [7, 11) is 0. The maximum Gasteiger partial charge on any atom is 0.424 e. The summed E-state index contributed by atoms with van der Waals surface area (Å²) in [5.74, 6) is 0.140. The molecule has 0 fully saturated rings. The van der Waals surface area contributed by atoms with Gasteiger partial charge in [0.2, 0.25) is 5.60 Å². The van der Waals surface area contributed by atoms with Gasteiger partial charge in [0.05, 0.1) is 5.69 Å². The number of hydrogen-bond acceptors (Lipinski definition) is 5. The molecule has 0 aliphatic rings. The first-order valence-corrected chi connectivity index (χ1v) is 8.04. The molecule has 0 bridgehead atoms. The highest BCUT2D eigenvalue weighted by molar-refractivity contribution is 5.92. The number of hydrogen-bond donors (Lipinski definition) is 2. The van der Waals surface area contributed by atoms with Crippen LogP contribution in [0.1, 0.15) is 23.6 Å². The molecule has 8 heteroatoms. The molecule has 0 saturated carbocycles. The number of rotatable bonds is 5. The van der Waals surface area contributed by atoms with E-state index in [0.29, 0.717) is 11.6 Å².